The number of nitrogens with one attached hydrogen (secondary N) is 4. The summed E-state index contributed by atoms with van der Waals surface area (Å²) in [5.74, 6) is 1.44. The lowest BCUT2D eigenvalue weighted by Crippen LogP contribution is -2.54. The first kappa shape index (κ1) is 42.0. The van der Waals surface area contributed by atoms with Crippen molar-refractivity contribution in [2.75, 3.05) is 20.8 Å². The summed E-state index contributed by atoms with van der Waals surface area (Å²) in [6, 6.07) is 28.7. The molecule has 1 spiro atoms. The number of ether oxygens (including phenoxy) is 2. The number of alkyl carbamates (subject to hydrolysis) is 2. The van der Waals surface area contributed by atoms with E-state index in [0.717, 1.165) is 94.6 Å². The van der Waals surface area contributed by atoms with E-state index in [1.165, 1.54) is 14.2 Å². The summed E-state index contributed by atoms with van der Waals surface area (Å²) in [7, 11) is 2.61. The number of methoxy groups -OCH3 is 2. The second kappa shape index (κ2) is 16.9. The van der Waals surface area contributed by atoms with Gasteiger partial charge in [-0.1, -0.05) is 92.7 Å². The van der Waals surface area contributed by atoms with Gasteiger partial charge < -0.3 is 39.9 Å². The van der Waals surface area contributed by atoms with E-state index in [9.17, 15) is 19.2 Å². The molecule has 334 valence electrons. The summed E-state index contributed by atoms with van der Waals surface area (Å²) < 4.78 is 9.73. The topological polar surface area (TPSA) is 175 Å². The Kier molecular flexibility index (Phi) is 10.9. The van der Waals surface area contributed by atoms with Gasteiger partial charge in [-0.25, -0.2) is 19.6 Å². The zero-order valence-electron chi connectivity index (χ0n) is 37.0. The zero-order valence-corrected chi connectivity index (χ0v) is 37.0. The van der Waals surface area contributed by atoms with Crippen molar-refractivity contribution < 1.29 is 28.7 Å². The zero-order chi connectivity index (χ0) is 45.0. The molecular formula is C51H54N8O6. The van der Waals surface area contributed by atoms with Gasteiger partial charge in [0.1, 0.15) is 23.7 Å². The van der Waals surface area contributed by atoms with E-state index in [1.54, 1.807) is 0 Å². The Morgan fingerprint density at radius 2 is 1.34 bits per heavy atom. The van der Waals surface area contributed by atoms with Crippen LogP contribution in [0.3, 0.4) is 0 Å². The number of H-pyrrole nitrogens is 2. The number of nitrogens with zero attached hydrogens (tertiary/aromatic N) is 4. The van der Waals surface area contributed by atoms with Crippen LogP contribution < -0.4 is 10.6 Å². The lowest BCUT2D eigenvalue weighted by molar-refractivity contribution is -0.139. The van der Waals surface area contributed by atoms with E-state index >= 15 is 0 Å². The van der Waals surface area contributed by atoms with E-state index in [2.05, 4.69) is 81.3 Å². The van der Waals surface area contributed by atoms with Gasteiger partial charge in [-0.15, -0.1) is 0 Å². The fraction of sp³-hybridized carbons (Fsp3) is 0.373. The number of hydrogen-bond donors (Lipinski definition) is 4. The highest BCUT2D eigenvalue weighted by atomic mass is 16.5. The molecule has 6 aromatic rings. The summed E-state index contributed by atoms with van der Waals surface area (Å²) >= 11 is 0. The fourth-order valence-corrected chi connectivity index (χ4v) is 10.6. The SMILES string of the molecule is COC(=O)N[C@H](C(=O)N1CC2(CC2)C[C@H]1c1ncc(-c2ccc3cc(-c4ccc(-c5cnc([C@@H]6[C@H]7CC[C@H](C7)N6C(=O)[C@@H](NC(=O)OC)C(C)C)[nH]5)cc4)ccc3c2)[nH]1)c1ccccc1. The van der Waals surface area contributed by atoms with Gasteiger partial charge in [0.15, 0.2) is 0 Å². The number of amides is 4. The Bertz CT molecular complexity index is 2760. The number of likely N-dealkylation sites (tertiary alicyclic amines) is 2. The number of aromatic nitrogens is 4. The number of hydrogen-bond acceptors (Lipinski definition) is 8. The molecule has 4 heterocycles. The Labute approximate surface area is 377 Å². The molecule has 2 aliphatic heterocycles. The number of imidazole rings is 2. The van der Waals surface area contributed by atoms with E-state index in [4.69, 9.17) is 19.4 Å². The molecule has 2 aliphatic carbocycles. The highest BCUT2D eigenvalue weighted by molar-refractivity contribution is 5.91. The highest BCUT2D eigenvalue weighted by Crippen LogP contribution is 2.58. The molecule has 4 N–H and O–H groups in total. The normalized spacial score (nSPS) is 21.4. The van der Waals surface area contributed by atoms with Crippen molar-refractivity contribution in [2.45, 2.75) is 82.6 Å². The van der Waals surface area contributed by atoms with Crippen LogP contribution in [0, 0.1) is 17.3 Å². The Hall–Kier alpha value is -6.96. The van der Waals surface area contributed by atoms with Gasteiger partial charge in [0.05, 0.1) is 50.1 Å². The van der Waals surface area contributed by atoms with Crippen molar-refractivity contribution in [1.29, 1.82) is 0 Å². The number of aromatic amines is 2. The van der Waals surface area contributed by atoms with Crippen LogP contribution in [0.4, 0.5) is 9.59 Å². The van der Waals surface area contributed by atoms with Gasteiger partial charge in [-0.2, -0.15) is 0 Å². The van der Waals surface area contributed by atoms with Crippen molar-refractivity contribution in [3.63, 3.8) is 0 Å². The molecule has 14 heteroatoms. The first-order valence-corrected chi connectivity index (χ1v) is 22.6. The van der Waals surface area contributed by atoms with Gasteiger partial charge in [-0.05, 0) is 101 Å². The van der Waals surface area contributed by atoms with Crippen molar-refractivity contribution >= 4 is 34.8 Å². The van der Waals surface area contributed by atoms with Crippen LogP contribution in [0.2, 0.25) is 0 Å². The molecule has 0 radical (unpaired) electrons. The molecule has 4 aliphatic rings. The van der Waals surface area contributed by atoms with E-state index < -0.39 is 24.3 Å². The van der Waals surface area contributed by atoms with Crippen LogP contribution in [0.5, 0.6) is 0 Å². The third-order valence-electron chi connectivity index (χ3n) is 14.3. The minimum Gasteiger partial charge on any atom is -0.453 e. The van der Waals surface area contributed by atoms with Gasteiger partial charge >= 0.3 is 12.2 Å². The molecule has 4 amide bonds. The molecule has 14 nitrogen and oxygen atoms in total. The fourth-order valence-electron chi connectivity index (χ4n) is 10.6. The van der Waals surface area contributed by atoms with Crippen molar-refractivity contribution in [3.05, 3.63) is 121 Å². The number of piperidine rings is 1. The number of benzene rings is 4. The predicted octanol–water partition coefficient (Wildman–Crippen LogP) is 8.87. The summed E-state index contributed by atoms with van der Waals surface area (Å²) in [5, 5.41) is 7.73. The summed E-state index contributed by atoms with van der Waals surface area (Å²) in [5.41, 5.74) is 6.70. The van der Waals surface area contributed by atoms with Gasteiger partial charge in [0.25, 0.3) is 5.91 Å². The second-order valence-corrected chi connectivity index (χ2v) is 18.7. The molecule has 2 bridgehead atoms. The minimum atomic E-state index is -0.881. The largest absolute Gasteiger partial charge is 0.453 e. The Morgan fingerprint density at radius 1 is 0.723 bits per heavy atom. The van der Waals surface area contributed by atoms with Crippen LogP contribution >= 0.6 is 0 Å². The summed E-state index contributed by atoms with van der Waals surface area (Å²) in [6.45, 7) is 4.48. The number of fused-ring (bicyclic) bond motifs is 3. The molecule has 6 atom stereocenters. The van der Waals surface area contributed by atoms with Crippen LogP contribution in [-0.2, 0) is 19.1 Å². The van der Waals surface area contributed by atoms with Gasteiger partial charge in [0.2, 0.25) is 5.91 Å². The molecule has 10 rings (SSSR count). The van der Waals surface area contributed by atoms with Crippen LogP contribution in [-0.4, -0.2) is 86.6 Å². The van der Waals surface area contributed by atoms with Crippen molar-refractivity contribution in [2.24, 2.45) is 17.3 Å². The maximum absolute atomic E-state index is 14.3. The van der Waals surface area contributed by atoms with Crippen molar-refractivity contribution in [1.82, 2.24) is 40.4 Å². The maximum Gasteiger partial charge on any atom is 0.407 e. The second-order valence-electron chi connectivity index (χ2n) is 18.7. The summed E-state index contributed by atoms with van der Waals surface area (Å²) in [4.78, 5) is 73.4. The summed E-state index contributed by atoms with van der Waals surface area (Å²) in [6.07, 6.45) is 8.29. The first-order chi connectivity index (χ1) is 31.5. The van der Waals surface area contributed by atoms with E-state index in [1.807, 2.05) is 66.4 Å². The molecule has 2 saturated heterocycles. The standard InChI is InChI=1S/C51H54N8O6/c1-29(2)42(56-49(62)64-3)48(61)59-38-19-18-37(24-38)44(59)46-53-26-39(55-46)31-12-10-30(11-13-31)33-14-15-35-23-36(17-16-34(35)22-33)40-27-52-45(54-40)41-25-51(20-21-51)28-58(41)47(60)43(57-50(63)65-4)32-8-6-5-7-9-32/h5-17,22-23,26-27,29,37-38,41-44H,18-21,24-25,28H2,1-4H3,(H,52,54)(H,53,55)(H,56,62)(H,57,63)/t37-,38+,41-,42-,43-,44-/m0/s1. The van der Waals surface area contributed by atoms with E-state index in [-0.39, 0.29) is 41.3 Å². The predicted molar refractivity (Wildman–Crippen MR) is 245 cm³/mol. The highest BCUT2D eigenvalue weighted by Gasteiger charge is 2.55. The van der Waals surface area contributed by atoms with Crippen LogP contribution in [0.15, 0.2) is 103 Å². The van der Waals surface area contributed by atoms with Crippen molar-refractivity contribution in [3.8, 4) is 33.6 Å². The van der Waals surface area contributed by atoms with Gasteiger partial charge in [-0.3, -0.25) is 9.59 Å². The average molecular weight is 875 g/mol. The average Bonchev–Trinajstić information content (AvgIpc) is 3.97. The lowest BCUT2D eigenvalue weighted by Gasteiger charge is -2.37. The van der Waals surface area contributed by atoms with Gasteiger partial charge in [0, 0.05) is 18.2 Å². The lowest BCUT2D eigenvalue weighted by atomic mass is 9.95. The molecule has 4 aromatic carbocycles. The van der Waals surface area contributed by atoms with Crippen LogP contribution in [0.25, 0.3) is 44.4 Å². The third kappa shape index (κ3) is 7.99. The molecule has 4 fully saturated rings. The Morgan fingerprint density at radius 3 is 2.03 bits per heavy atom. The quantitative estimate of drug-likeness (QED) is 0.0999. The number of carbonyl (C=O) groups is 4. The molecule has 0 unspecified atom stereocenters. The maximum atomic E-state index is 14.3. The number of carbonyl (C=O) groups excluding carboxylic acids is 4. The monoisotopic (exact) mass is 874 g/mol. The molecule has 65 heavy (non-hydrogen) atoms. The van der Waals surface area contributed by atoms with Crippen LogP contribution in [0.1, 0.15) is 87.7 Å². The molecule has 2 aromatic heterocycles. The minimum absolute atomic E-state index is 0.0780. The smallest absolute Gasteiger partial charge is 0.407 e. The number of rotatable bonds is 11. The first-order valence-electron chi connectivity index (χ1n) is 22.6. The molecule has 2 saturated carbocycles. The Balaban J connectivity index is 0.839. The van der Waals surface area contributed by atoms with E-state index in [0.29, 0.717) is 18.0 Å². The third-order valence-corrected chi connectivity index (χ3v) is 14.3. The molecular weight excluding hydrogens is 821 g/mol.